The van der Waals surface area contributed by atoms with Crippen LogP contribution in [0.1, 0.15) is 57.1 Å². The highest BCUT2D eigenvalue weighted by molar-refractivity contribution is 8.03. The van der Waals surface area contributed by atoms with Crippen LogP contribution in [0.4, 0.5) is 17.6 Å². The van der Waals surface area contributed by atoms with Crippen LogP contribution in [0, 0.1) is 11.3 Å². The summed E-state index contributed by atoms with van der Waals surface area (Å²) in [6.45, 7) is 2.17. The third-order valence-electron chi connectivity index (χ3n) is 7.34. The highest BCUT2D eigenvalue weighted by atomic mass is 35.5. The molecule has 1 heterocycles. The summed E-state index contributed by atoms with van der Waals surface area (Å²) in [7, 11) is 0. The molecule has 232 valence electrons. The van der Waals surface area contributed by atoms with Gasteiger partial charge >= 0.3 is 17.8 Å². The number of benzene rings is 2. The quantitative estimate of drug-likeness (QED) is 0.0599. The van der Waals surface area contributed by atoms with Crippen molar-refractivity contribution in [2.75, 3.05) is 12.4 Å². The Hall–Kier alpha value is -3.21. The summed E-state index contributed by atoms with van der Waals surface area (Å²) < 4.78 is 70.8. The van der Waals surface area contributed by atoms with E-state index in [1.165, 1.54) is 60.7 Å². The SMILES string of the molecule is CCCCSC1=C(COC(=O)c2ccc(Cl)s2)[C@@H](C(F)(F)C(=O)c2ccccc2)C=C[C@]1(C)C(F)(F)C(=O)c1ccccc1. The molecule has 1 aliphatic carbocycles. The zero-order valence-electron chi connectivity index (χ0n) is 23.8. The number of rotatable bonds is 13. The number of ketones is 2. The predicted octanol–water partition coefficient (Wildman–Crippen LogP) is 9.57. The van der Waals surface area contributed by atoms with Gasteiger partial charge in [-0.3, -0.25) is 9.59 Å². The molecule has 0 amide bonds. The van der Waals surface area contributed by atoms with Crippen LogP contribution in [-0.4, -0.2) is 41.7 Å². The Bertz CT molecular complexity index is 1570. The molecule has 2 atom stereocenters. The van der Waals surface area contributed by atoms with E-state index in [2.05, 4.69) is 0 Å². The maximum absolute atomic E-state index is 16.4. The molecule has 0 radical (unpaired) electrons. The molecular formula is C33H29ClF4O4S2. The number of thioether (sulfide) groups is 1. The monoisotopic (exact) mass is 664 g/mol. The van der Waals surface area contributed by atoms with E-state index in [1.54, 1.807) is 12.1 Å². The Labute approximate surface area is 266 Å². The van der Waals surface area contributed by atoms with Gasteiger partial charge < -0.3 is 4.74 Å². The summed E-state index contributed by atoms with van der Waals surface area (Å²) in [6.07, 6.45) is 2.96. The van der Waals surface area contributed by atoms with Crippen LogP contribution in [0.2, 0.25) is 4.34 Å². The van der Waals surface area contributed by atoms with Gasteiger partial charge in [-0.2, -0.15) is 17.6 Å². The third kappa shape index (κ3) is 6.72. The highest BCUT2D eigenvalue weighted by Gasteiger charge is 2.61. The minimum absolute atomic E-state index is 0.0816. The molecule has 1 aromatic heterocycles. The van der Waals surface area contributed by atoms with Crippen molar-refractivity contribution in [3.8, 4) is 0 Å². The van der Waals surface area contributed by atoms with E-state index in [0.717, 1.165) is 42.2 Å². The van der Waals surface area contributed by atoms with E-state index in [0.29, 0.717) is 12.8 Å². The second-order valence-corrected chi connectivity index (χ2v) is 13.2. The molecule has 4 rings (SSSR count). The number of unbranched alkanes of at least 4 members (excludes halogenated alkanes) is 1. The lowest BCUT2D eigenvalue weighted by Gasteiger charge is -2.42. The van der Waals surface area contributed by atoms with Crippen molar-refractivity contribution in [1.82, 2.24) is 0 Å². The van der Waals surface area contributed by atoms with Crippen molar-refractivity contribution >= 4 is 52.2 Å². The van der Waals surface area contributed by atoms with Gasteiger partial charge in [-0.15, -0.1) is 23.1 Å². The van der Waals surface area contributed by atoms with Crippen molar-refractivity contribution in [1.29, 1.82) is 0 Å². The number of hydrogen-bond acceptors (Lipinski definition) is 6. The number of thiophene rings is 1. The van der Waals surface area contributed by atoms with Crippen LogP contribution in [-0.2, 0) is 4.74 Å². The predicted molar refractivity (Wildman–Crippen MR) is 166 cm³/mol. The molecular weight excluding hydrogens is 636 g/mol. The Morgan fingerprint density at radius 3 is 2.07 bits per heavy atom. The molecule has 11 heteroatoms. The first-order chi connectivity index (χ1) is 20.8. The van der Waals surface area contributed by atoms with Crippen LogP contribution < -0.4 is 0 Å². The van der Waals surface area contributed by atoms with Crippen LogP contribution >= 0.6 is 34.7 Å². The first-order valence-electron chi connectivity index (χ1n) is 13.8. The van der Waals surface area contributed by atoms with Crippen LogP contribution in [0.5, 0.6) is 0 Å². The molecule has 0 saturated heterocycles. The molecule has 1 aliphatic rings. The van der Waals surface area contributed by atoms with E-state index in [1.807, 2.05) is 6.92 Å². The van der Waals surface area contributed by atoms with Gasteiger partial charge in [0.1, 0.15) is 11.5 Å². The first-order valence-corrected chi connectivity index (χ1v) is 16.0. The summed E-state index contributed by atoms with van der Waals surface area (Å²) in [5, 5.41) is 0. The smallest absolute Gasteiger partial charge is 0.348 e. The lowest BCUT2D eigenvalue weighted by Crippen LogP contribution is -2.49. The molecule has 4 nitrogen and oxygen atoms in total. The van der Waals surface area contributed by atoms with E-state index in [-0.39, 0.29) is 36.6 Å². The van der Waals surface area contributed by atoms with E-state index < -0.39 is 47.3 Å². The minimum Gasteiger partial charge on any atom is -0.457 e. The summed E-state index contributed by atoms with van der Waals surface area (Å²) in [6, 6.07) is 16.7. The van der Waals surface area contributed by atoms with Gasteiger partial charge in [0.2, 0.25) is 11.6 Å². The average molecular weight is 665 g/mol. The number of esters is 1. The van der Waals surface area contributed by atoms with Gasteiger partial charge in [0, 0.05) is 16.0 Å². The number of halogens is 5. The number of ether oxygens (including phenoxy) is 1. The number of Topliss-reactive ketones (excluding diaryl/α,β-unsaturated/α-hetero) is 2. The topological polar surface area (TPSA) is 60.4 Å². The van der Waals surface area contributed by atoms with Gasteiger partial charge in [-0.1, -0.05) is 97.8 Å². The van der Waals surface area contributed by atoms with Gasteiger partial charge in [0.25, 0.3) is 0 Å². The lowest BCUT2D eigenvalue weighted by atomic mass is 9.70. The average Bonchev–Trinajstić information content (AvgIpc) is 3.47. The Morgan fingerprint density at radius 2 is 1.52 bits per heavy atom. The maximum atomic E-state index is 16.4. The van der Waals surface area contributed by atoms with Gasteiger partial charge in [0.15, 0.2) is 0 Å². The molecule has 0 fully saturated rings. The van der Waals surface area contributed by atoms with E-state index in [9.17, 15) is 14.4 Å². The fourth-order valence-corrected chi connectivity index (χ4v) is 7.27. The fraction of sp³-hybridized carbons (Fsp3) is 0.303. The summed E-state index contributed by atoms with van der Waals surface area (Å²) >= 11 is 7.73. The summed E-state index contributed by atoms with van der Waals surface area (Å²) in [5.74, 6) is -13.9. The Kier molecular flexibility index (Phi) is 10.6. The van der Waals surface area contributed by atoms with Crippen molar-refractivity contribution in [2.45, 2.75) is 38.5 Å². The molecule has 3 aromatic rings. The number of carbonyl (C=O) groups excluding carboxylic acids is 3. The minimum atomic E-state index is -4.11. The standard InChI is InChI=1S/C33H29ClF4O4S2/c1-3-4-19-43-29-23(20-42-30(41)25-15-16-26(34)44-25)24(32(35,36)27(39)21-11-7-5-8-12-21)17-18-31(29,2)33(37,38)28(40)22-13-9-6-10-14-22/h5-18,24H,3-4,19-20H2,1-2H3/t24-,31-/m0/s1. The van der Waals surface area contributed by atoms with Crippen LogP contribution in [0.25, 0.3) is 0 Å². The highest BCUT2D eigenvalue weighted by Crippen LogP contribution is 2.56. The fourth-order valence-electron chi connectivity index (χ4n) is 4.83. The van der Waals surface area contributed by atoms with Crippen LogP contribution in [0.15, 0.2) is 95.4 Å². The zero-order valence-corrected chi connectivity index (χ0v) is 26.2. The first kappa shape index (κ1) is 33.7. The van der Waals surface area contributed by atoms with Crippen molar-refractivity contribution in [2.24, 2.45) is 11.3 Å². The van der Waals surface area contributed by atoms with E-state index in [4.69, 9.17) is 16.3 Å². The Morgan fingerprint density at radius 1 is 0.932 bits per heavy atom. The molecule has 0 spiro atoms. The summed E-state index contributed by atoms with van der Waals surface area (Å²) in [4.78, 5) is 39.1. The molecule has 44 heavy (non-hydrogen) atoms. The molecule has 0 bridgehead atoms. The van der Waals surface area contributed by atoms with Crippen LogP contribution in [0.3, 0.4) is 0 Å². The number of hydrogen-bond donors (Lipinski definition) is 0. The largest absolute Gasteiger partial charge is 0.457 e. The molecule has 0 unspecified atom stereocenters. The van der Waals surface area contributed by atoms with E-state index >= 15 is 17.6 Å². The normalized spacial score (nSPS) is 18.8. The molecule has 0 aliphatic heterocycles. The van der Waals surface area contributed by atoms with Gasteiger partial charge in [0.05, 0.1) is 15.7 Å². The van der Waals surface area contributed by atoms with Crippen molar-refractivity contribution in [3.05, 3.63) is 116 Å². The second-order valence-electron chi connectivity index (χ2n) is 10.4. The zero-order chi connectivity index (χ0) is 32.1. The maximum Gasteiger partial charge on any atom is 0.348 e. The number of allylic oxidation sites excluding steroid dienone is 3. The third-order valence-corrected chi connectivity index (χ3v) is 10.0. The van der Waals surface area contributed by atoms with Crippen molar-refractivity contribution in [3.63, 3.8) is 0 Å². The number of alkyl halides is 4. The second kappa shape index (κ2) is 13.8. The summed E-state index contributed by atoms with van der Waals surface area (Å²) in [5.41, 5.74) is -3.29. The molecule has 0 N–H and O–H groups in total. The van der Waals surface area contributed by atoms with Crippen molar-refractivity contribution < 1.29 is 36.7 Å². The van der Waals surface area contributed by atoms with Gasteiger partial charge in [-0.25, -0.2) is 4.79 Å². The molecule has 2 aromatic carbocycles. The van der Waals surface area contributed by atoms with Gasteiger partial charge in [-0.05, 0) is 36.8 Å². The lowest BCUT2D eigenvalue weighted by molar-refractivity contribution is -0.0451. The Balaban J connectivity index is 1.86. The number of carbonyl (C=O) groups is 3. The molecule has 0 saturated carbocycles.